The molecule has 0 radical (unpaired) electrons. The summed E-state index contributed by atoms with van der Waals surface area (Å²) in [5.74, 6) is 0. The number of nitrogens with zero attached hydrogens (tertiary/aromatic N) is 2. The maximum Gasteiger partial charge on any atom is 0.0547 e. The summed E-state index contributed by atoms with van der Waals surface area (Å²) >= 11 is 0. The van der Waals surface area contributed by atoms with Gasteiger partial charge in [-0.15, -0.1) is 0 Å². The highest BCUT2D eigenvalue weighted by Gasteiger charge is 2.21. The first-order valence-electron chi connectivity index (χ1n) is 24.7. The SMILES string of the molecule is c1ccc(-c2cc(-c3ccccc3)cc(-c3ccc(N(c4cc(-c5ccccc5)cc(-c5ccccc5)c4)c4cccc(-c5cccc6c5c5cc7ccccc7cc5n6-c5ccccc5)c4)cc3)c2)cc1. The molecule has 2 heteroatoms. The van der Waals surface area contributed by atoms with E-state index in [4.69, 9.17) is 0 Å². The summed E-state index contributed by atoms with van der Waals surface area (Å²) < 4.78 is 2.43. The zero-order chi connectivity index (χ0) is 47.8. The van der Waals surface area contributed by atoms with E-state index in [1.807, 2.05) is 0 Å². The van der Waals surface area contributed by atoms with Crippen LogP contribution in [0.2, 0.25) is 0 Å². The van der Waals surface area contributed by atoms with Crippen molar-refractivity contribution in [2.24, 2.45) is 0 Å². The molecule has 13 rings (SSSR count). The summed E-state index contributed by atoms with van der Waals surface area (Å²) in [6.45, 7) is 0. The van der Waals surface area contributed by atoms with Crippen molar-refractivity contribution in [2.45, 2.75) is 0 Å². The monoisotopic (exact) mass is 916 g/mol. The molecule has 12 aromatic carbocycles. The lowest BCUT2D eigenvalue weighted by Crippen LogP contribution is -2.10. The third kappa shape index (κ3) is 8.01. The number of benzene rings is 12. The summed E-state index contributed by atoms with van der Waals surface area (Å²) in [4.78, 5) is 2.43. The quantitative estimate of drug-likeness (QED) is 0.133. The molecule has 0 fully saturated rings. The average Bonchev–Trinajstić information content (AvgIpc) is 3.79. The van der Waals surface area contributed by atoms with Gasteiger partial charge in [-0.2, -0.15) is 0 Å². The smallest absolute Gasteiger partial charge is 0.0547 e. The van der Waals surface area contributed by atoms with Crippen molar-refractivity contribution in [3.63, 3.8) is 0 Å². The van der Waals surface area contributed by atoms with E-state index in [2.05, 4.69) is 301 Å². The third-order valence-corrected chi connectivity index (χ3v) is 14.1. The van der Waals surface area contributed by atoms with E-state index >= 15 is 0 Å². The largest absolute Gasteiger partial charge is 0.310 e. The molecule has 1 aromatic heterocycles. The minimum Gasteiger partial charge on any atom is -0.310 e. The molecule has 0 aliphatic heterocycles. The van der Waals surface area contributed by atoms with E-state index in [1.54, 1.807) is 0 Å². The van der Waals surface area contributed by atoms with Gasteiger partial charge in [0.25, 0.3) is 0 Å². The van der Waals surface area contributed by atoms with Gasteiger partial charge in [-0.25, -0.2) is 0 Å². The first-order valence-corrected chi connectivity index (χ1v) is 24.7. The molecule has 0 saturated carbocycles. The minimum absolute atomic E-state index is 1.06. The minimum atomic E-state index is 1.06. The van der Waals surface area contributed by atoms with E-state index in [0.29, 0.717) is 0 Å². The van der Waals surface area contributed by atoms with Crippen LogP contribution in [0.5, 0.6) is 0 Å². The molecule has 0 aliphatic rings. The normalized spacial score (nSPS) is 11.3. The van der Waals surface area contributed by atoms with Gasteiger partial charge < -0.3 is 9.47 Å². The molecule has 1 heterocycles. The van der Waals surface area contributed by atoms with Crippen LogP contribution in [0.3, 0.4) is 0 Å². The Hall–Kier alpha value is -9.50. The number of hydrogen-bond donors (Lipinski definition) is 0. The summed E-state index contributed by atoms with van der Waals surface area (Å²) in [6, 6.07) is 106. The first-order chi connectivity index (χ1) is 35.7. The maximum absolute atomic E-state index is 2.43. The highest BCUT2D eigenvalue weighted by atomic mass is 15.1. The van der Waals surface area contributed by atoms with Crippen LogP contribution in [0.15, 0.2) is 291 Å². The van der Waals surface area contributed by atoms with Crippen LogP contribution >= 0.6 is 0 Å². The van der Waals surface area contributed by atoms with Gasteiger partial charge in [0.2, 0.25) is 0 Å². The van der Waals surface area contributed by atoms with Crippen molar-refractivity contribution in [1.29, 1.82) is 0 Å². The van der Waals surface area contributed by atoms with Crippen molar-refractivity contribution in [3.05, 3.63) is 291 Å². The Labute approximate surface area is 420 Å². The van der Waals surface area contributed by atoms with E-state index < -0.39 is 0 Å². The molecule has 0 aliphatic carbocycles. The van der Waals surface area contributed by atoms with E-state index in [9.17, 15) is 0 Å². The highest BCUT2D eigenvalue weighted by Crippen LogP contribution is 2.45. The summed E-state index contributed by atoms with van der Waals surface area (Å²) in [6.07, 6.45) is 0. The van der Waals surface area contributed by atoms with Crippen molar-refractivity contribution >= 4 is 49.6 Å². The van der Waals surface area contributed by atoms with Crippen molar-refractivity contribution in [1.82, 2.24) is 4.57 Å². The predicted molar refractivity (Wildman–Crippen MR) is 306 cm³/mol. The fourth-order valence-electron chi connectivity index (χ4n) is 10.6. The molecule has 0 atom stereocenters. The fraction of sp³-hybridized carbons (Fsp3) is 0. The van der Waals surface area contributed by atoms with Gasteiger partial charge in [-0.3, -0.25) is 0 Å². The summed E-state index contributed by atoms with van der Waals surface area (Å²) in [5, 5.41) is 4.92. The fourth-order valence-corrected chi connectivity index (χ4v) is 10.6. The van der Waals surface area contributed by atoms with Crippen LogP contribution in [0.4, 0.5) is 17.1 Å². The summed E-state index contributed by atoms with van der Waals surface area (Å²) in [7, 11) is 0. The molecule has 0 bridgehead atoms. The Morgan fingerprint density at radius 3 is 1.18 bits per heavy atom. The molecule has 0 amide bonds. The Morgan fingerprint density at radius 2 is 0.653 bits per heavy atom. The van der Waals surface area contributed by atoms with Crippen LogP contribution in [0, 0.1) is 0 Å². The number of para-hydroxylation sites is 1. The molecule has 0 N–H and O–H groups in total. The second-order valence-electron chi connectivity index (χ2n) is 18.6. The molecule has 0 spiro atoms. The number of fused-ring (bicyclic) bond motifs is 4. The maximum atomic E-state index is 2.43. The number of aromatic nitrogens is 1. The van der Waals surface area contributed by atoms with Gasteiger partial charge in [0.15, 0.2) is 0 Å². The van der Waals surface area contributed by atoms with Gasteiger partial charge in [-0.05, 0) is 169 Å². The first kappa shape index (κ1) is 42.6. The van der Waals surface area contributed by atoms with Crippen LogP contribution in [0.1, 0.15) is 0 Å². The van der Waals surface area contributed by atoms with Gasteiger partial charge in [0.1, 0.15) is 0 Å². The van der Waals surface area contributed by atoms with E-state index in [1.165, 1.54) is 77.1 Å². The van der Waals surface area contributed by atoms with E-state index in [0.717, 1.165) is 45.0 Å². The number of hydrogen-bond acceptors (Lipinski definition) is 1. The zero-order valence-electron chi connectivity index (χ0n) is 39.6. The van der Waals surface area contributed by atoms with Crippen LogP contribution < -0.4 is 4.90 Å². The van der Waals surface area contributed by atoms with Crippen molar-refractivity contribution < 1.29 is 0 Å². The highest BCUT2D eigenvalue weighted by molar-refractivity contribution is 6.18. The number of anilines is 3. The third-order valence-electron chi connectivity index (χ3n) is 14.1. The second kappa shape index (κ2) is 18.4. The lowest BCUT2D eigenvalue weighted by molar-refractivity contribution is 1.18. The molecular formula is C70H48N2. The Kier molecular flexibility index (Phi) is 10.9. The van der Waals surface area contributed by atoms with Gasteiger partial charge >= 0.3 is 0 Å². The Morgan fingerprint density at radius 1 is 0.236 bits per heavy atom. The summed E-state index contributed by atoms with van der Waals surface area (Å²) in [5.41, 5.74) is 20.8. The Balaban J connectivity index is 1.01. The Bertz CT molecular complexity index is 3930. The van der Waals surface area contributed by atoms with Gasteiger partial charge in [-0.1, -0.05) is 200 Å². The lowest BCUT2D eigenvalue weighted by atomic mass is 9.93. The average molecular weight is 917 g/mol. The standard InChI is InChI=1S/C70H48N2/c1-6-20-49(21-7-1)57-40-58(50-22-8-2-9-23-50)42-59(41-57)53-36-38-63(39-37-53)71(65-45-60(51-24-10-3-11-25-51)43-61(46-65)52-26-12-4-13-27-52)64-33-18-30-56(44-64)66-34-19-35-68-70(66)67-47-54-28-16-17-29-55(54)48-69(67)72(68)62-31-14-5-15-32-62/h1-48H. The lowest BCUT2D eigenvalue weighted by Gasteiger charge is -2.28. The number of rotatable bonds is 10. The van der Waals surface area contributed by atoms with Crippen LogP contribution in [0.25, 0.3) is 105 Å². The molecule has 2 nitrogen and oxygen atoms in total. The molecule has 0 unspecified atom stereocenters. The zero-order valence-corrected chi connectivity index (χ0v) is 39.6. The van der Waals surface area contributed by atoms with Crippen molar-refractivity contribution in [3.8, 4) is 72.4 Å². The van der Waals surface area contributed by atoms with E-state index in [-0.39, 0.29) is 0 Å². The molecular weight excluding hydrogens is 869 g/mol. The molecule has 0 saturated heterocycles. The van der Waals surface area contributed by atoms with Crippen molar-refractivity contribution in [2.75, 3.05) is 4.90 Å². The molecule has 13 aromatic rings. The predicted octanol–water partition coefficient (Wildman–Crippen LogP) is 19.4. The van der Waals surface area contributed by atoms with Crippen LogP contribution in [-0.4, -0.2) is 4.57 Å². The second-order valence-corrected chi connectivity index (χ2v) is 18.6. The molecule has 338 valence electrons. The molecule has 72 heavy (non-hydrogen) atoms. The van der Waals surface area contributed by atoms with Gasteiger partial charge in [0.05, 0.1) is 11.0 Å². The van der Waals surface area contributed by atoms with Gasteiger partial charge in [0, 0.05) is 33.5 Å². The topological polar surface area (TPSA) is 8.17 Å². The van der Waals surface area contributed by atoms with Crippen LogP contribution in [-0.2, 0) is 0 Å².